The first-order valence-corrected chi connectivity index (χ1v) is 8.94. The van der Waals surface area contributed by atoms with Crippen LogP contribution in [0.5, 0.6) is 5.75 Å². The fraction of sp³-hybridized carbons (Fsp3) is 0.0556. The predicted octanol–water partition coefficient (Wildman–Crippen LogP) is 4.29. The topological polar surface area (TPSA) is 63.6 Å². The Bertz CT molecular complexity index is 930. The molecule has 0 aliphatic heterocycles. The molecule has 7 heteroatoms. The van der Waals surface area contributed by atoms with Crippen LogP contribution in [0, 0.1) is 0 Å². The van der Waals surface area contributed by atoms with E-state index in [1.54, 1.807) is 18.5 Å². The highest BCUT2D eigenvalue weighted by atomic mass is 79.9. The Morgan fingerprint density at radius 1 is 1.24 bits per heavy atom. The molecule has 0 fully saturated rings. The average molecular weight is 463 g/mol. The maximum atomic E-state index is 11.8. The highest BCUT2D eigenvalue weighted by Gasteiger charge is 2.08. The van der Waals surface area contributed by atoms with E-state index >= 15 is 0 Å². The summed E-state index contributed by atoms with van der Waals surface area (Å²) in [5.41, 5.74) is 3.22. The number of carbonyl (C=O) groups excluding carboxylic acids is 1. The Morgan fingerprint density at radius 3 is 2.92 bits per heavy atom. The number of aromatic nitrogens is 1. The van der Waals surface area contributed by atoms with Gasteiger partial charge in [-0.1, -0.05) is 34.1 Å². The Hall–Kier alpha value is -2.25. The van der Waals surface area contributed by atoms with Gasteiger partial charge in [0.05, 0.1) is 10.7 Å². The van der Waals surface area contributed by atoms with E-state index in [1.807, 2.05) is 36.4 Å². The largest absolute Gasteiger partial charge is 0.483 e. The molecule has 5 nitrogen and oxygen atoms in total. The molecule has 0 bridgehead atoms. The molecule has 126 valence electrons. The van der Waals surface area contributed by atoms with Crippen LogP contribution in [0.4, 0.5) is 0 Å². The minimum atomic E-state index is -0.344. The summed E-state index contributed by atoms with van der Waals surface area (Å²) in [6, 6.07) is 13.4. The quantitative estimate of drug-likeness (QED) is 0.454. The summed E-state index contributed by atoms with van der Waals surface area (Å²) in [7, 11) is 0. The molecule has 0 spiro atoms. The third kappa shape index (κ3) is 4.64. The summed E-state index contributed by atoms with van der Waals surface area (Å²) in [6.45, 7) is -0.134. The van der Waals surface area contributed by atoms with E-state index in [0.717, 1.165) is 25.3 Å². The van der Waals surface area contributed by atoms with Crippen molar-refractivity contribution in [2.45, 2.75) is 0 Å². The predicted molar refractivity (Wildman–Crippen MR) is 105 cm³/mol. The third-order valence-electron chi connectivity index (χ3n) is 3.33. The second-order valence-corrected chi connectivity index (χ2v) is 6.82. The van der Waals surface area contributed by atoms with Gasteiger partial charge in [-0.3, -0.25) is 9.78 Å². The smallest absolute Gasteiger partial charge is 0.277 e. The highest BCUT2D eigenvalue weighted by molar-refractivity contribution is 9.11. The minimum absolute atomic E-state index is 0.134. The van der Waals surface area contributed by atoms with Crippen LogP contribution >= 0.6 is 31.9 Å². The van der Waals surface area contributed by atoms with Crippen molar-refractivity contribution < 1.29 is 9.53 Å². The van der Waals surface area contributed by atoms with E-state index < -0.39 is 0 Å². The van der Waals surface area contributed by atoms with Gasteiger partial charge in [0.2, 0.25) is 0 Å². The summed E-state index contributed by atoms with van der Waals surface area (Å²) in [4.78, 5) is 15.8. The minimum Gasteiger partial charge on any atom is -0.483 e. The van der Waals surface area contributed by atoms with Crippen LogP contribution in [0.15, 0.2) is 68.9 Å². The van der Waals surface area contributed by atoms with Gasteiger partial charge in [0, 0.05) is 22.4 Å². The number of fused-ring (bicyclic) bond motifs is 1. The van der Waals surface area contributed by atoms with Crippen molar-refractivity contribution in [2.24, 2.45) is 5.10 Å². The van der Waals surface area contributed by atoms with Crippen LogP contribution in [0.3, 0.4) is 0 Å². The van der Waals surface area contributed by atoms with Gasteiger partial charge in [-0.25, -0.2) is 5.43 Å². The number of nitrogens with zero attached hydrogens (tertiary/aromatic N) is 2. The summed E-state index contributed by atoms with van der Waals surface area (Å²) in [6.07, 6.45) is 4.84. The van der Waals surface area contributed by atoms with Crippen molar-refractivity contribution in [3.05, 3.63) is 69.4 Å². The molecule has 1 amide bonds. The van der Waals surface area contributed by atoms with E-state index in [0.29, 0.717) is 5.75 Å². The van der Waals surface area contributed by atoms with E-state index in [-0.39, 0.29) is 12.5 Å². The first-order chi connectivity index (χ1) is 12.1. The molecule has 25 heavy (non-hydrogen) atoms. The SMILES string of the molecule is O=C(COc1ccc2cc(Br)ccc2c1Br)NN=Cc1cccnc1. The molecule has 2 aromatic carbocycles. The van der Waals surface area contributed by atoms with Gasteiger partial charge in [-0.15, -0.1) is 0 Å². The third-order valence-corrected chi connectivity index (χ3v) is 4.64. The Labute approximate surface area is 161 Å². The molecule has 0 aliphatic carbocycles. The van der Waals surface area contributed by atoms with Crippen molar-refractivity contribution in [3.63, 3.8) is 0 Å². The molecule has 0 unspecified atom stereocenters. The standard InChI is InChI=1S/C18H13Br2N3O2/c19-14-4-5-15-13(8-14)3-6-16(18(15)20)25-11-17(24)23-22-10-12-2-1-7-21-9-12/h1-10H,11H2,(H,23,24). The monoisotopic (exact) mass is 461 g/mol. The van der Waals surface area contributed by atoms with Crippen LogP contribution < -0.4 is 10.2 Å². The van der Waals surface area contributed by atoms with Crippen molar-refractivity contribution >= 4 is 54.8 Å². The van der Waals surface area contributed by atoms with Crippen LogP contribution in [-0.2, 0) is 4.79 Å². The average Bonchev–Trinajstić information content (AvgIpc) is 2.62. The van der Waals surface area contributed by atoms with Crippen molar-refractivity contribution in [2.75, 3.05) is 6.61 Å². The molecule has 1 aromatic heterocycles. The van der Waals surface area contributed by atoms with Crippen molar-refractivity contribution in [3.8, 4) is 5.75 Å². The van der Waals surface area contributed by atoms with Gasteiger partial charge in [-0.05, 0) is 51.0 Å². The summed E-state index contributed by atoms with van der Waals surface area (Å²) >= 11 is 6.98. The lowest BCUT2D eigenvalue weighted by molar-refractivity contribution is -0.123. The lowest BCUT2D eigenvalue weighted by Crippen LogP contribution is -2.24. The molecule has 0 atom stereocenters. The zero-order chi connectivity index (χ0) is 17.6. The van der Waals surface area contributed by atoms with Crippen LogP contribution in [0.1, 0.15) is 5.56 Å². The van der Waals surface area contributed by atoms with E-state index in [1.165, 1.54) is 6.21 Å². The number of halogens is 2. The van der Waals surface area contributed by atoms with Crippen LogP contribution in [0.2, 0.25) is 0 Å². The lowest BCUT2D eigenvalue weighted by Gasteiger charge is -2.10. The van der Waals surface area contributed by atoms with Gasteiger partial charge in [0.15, 0.2) is 6.61 Å². The maximum Gasteiger partial charge on any atom is 0.277 e. The molecule has 3 aromatic rings. The van der Waals surface area contributed by atoms with Gasteiger partial charge < -0.3 is 4.74 Å². The van der Waals surface area contributed by atoms with Gasteiger partial charge in [0.1, 0.15) is 5.75 Å². The van der Waals surface area contributed by atoms with Crippen LogP contribution in [0.25, 0.3) is 10.8 Å². The number of carbonyl (C=O) groups is 1. The molecule has 0 aliphatic rings. The number of ether oxygens (including phenoxy) is 1. The lowest BCUT2D eigenvalue weighted by atomic mass is 10.1. The van der Waals surface area contributed by atoms with E-state index in [9.17, 15) is 4.79 Å². The second-order valence-electron chi connectivity index (χ2n) is 5.11. The zero-order valence-electron chi connectivity index (χ0n) is 12.9. The maximum absolute atomic E-state index is 11.8. The molecular weight excluding hydrogens is 450 g/mol. The van der Waals surface area contributed by atoms with Gasteiger partial charge in [0.25, 0.3) is 5.91 Å². The van der Waals surface area contributed by atoms with Gasteiger partial charge in [-0.2, -0.15) is 5.10 Å². The second kappa shape index (κ2) is 8.22. The van der Waals surface area contributed by atoms with E-state index in [2.05, 4.69) is 47.4 Å². The van der Waals surface area contributed by atoms with Crippen LogP contribution in [-0.4, -0.2) is 23.7 Å². The summed E-state index contributed by atoms with van der Waals surface area (Å²) in [5.74, 6) is 0.254. The first kappa shape index (κ1) is 17.6. The molecule has 1 heterocycles. The Kier molecular flexibility index (Phi) is 5.78. The molecule has 0 saturated heterocycles. The normalized spacial score (nSPS) is 11.0. The molecule has 1 N–H and O–H groups in total. The zero-order valence-corrected chi connectivity index (χ0v) is 16.1. The van der Waals surface area contributed by atoms with Crippen molar-refractivity contribution in [1.29, 1.82) is 0 Å². The van der Waals surface area contributed by atoms with E-state index in [4.69, 9.17) is 4.74 Å². The number of amides is 1. The Balaban J connectivity index is 1.60. The molecular formula is C18H13Br2N3O2. The van der Waals surface area contributed by atoms with Gasteiger partial charge >= 0.3 is 0 Å². The number of nitrogens with one attached hydrogen (secondary N) is 1. The molecule has 3 rings (SSSR count). The number of hydrogen-bond donors (Lipinski definition) is 1. The fourth-order valence-corrected chi connectivity index (χ4v) is 3.15. The first-order valence-electron chi connectivity index (χ1n) is 7.36. The highest BCUT2D eigenvalue weighted by Crippen LogP contribution is 2.34. The summed E-state index contributed by atoms with van der Waals surface area (Å²) < 4.78 is 7.40. The fourth-order valence-electron chi connectivity index (χ4n) is 2.16. The number of pyridine rings is 1. The summed E-state index contributed by atoms with van der Waals surface area (Å²) in [5, 5.41) is 5.95. The molecule has 0 saturated carbocycles. The number of rotatable bonds is 5. The number of hydrazone groups is 1. The van der Waals surface area contributed by atoms with Crippen molar-refractivity contribution in [1.82, 2.24) is 10.4 Å². The Morgan fingerprint density at radius 2 is 2.12 bits per heavy atom. The number of benzene rings is 2. The number of hydrogen-bond acceptors (Lipinski definition) is 4. The molecule has 0 radical (unpaired) electrons.